The lowest BCUT2D eigenvalue weighted by molar-refractivity contribution is 0.183. The highest BCUT2D eigenvalue weighted by molar-refractivity contribution is 7.89. The van der Waals surface area contributed by atoms with Crippen LogP contribution in [0.1, 0.15) is 17.2 Å². The first-order valence-corrected chi connectivity index (χ1v) is 10.6. The standard InChI is InChI=1S/C23H21NO3S/c1-16-13-14-23(21-11-5-4-9-18(16)21)28(26,27)24-15-22(25)20-12-6-8-17-7-2-3-10-19(17)20/h2-14,22,24-25H,15H2,1H3. The minimum atomic E-state index is -3.77. The summed E-state index contributed by atoms with van der Waals surface area (Å²) in [6.45, 7) is 1.86. The molecule has 0 spiro atoms. The van der Waals surface area contributed by atoms with E-state index < -0.39 is 16.1 Å². The van der Waals surface area contributed by atoms with Crippen LogP contribution in [-0.2, 0) is 10.0 Å². The molecule has 1 atom stereocenters. The van der Waals surface area contributed by atoms with Crippen molar-refractivity contribution in [2.45, 2.75) is 17.9 Å². The summed E-state index contributed by atoms with van der Waals surface area (Å²) in [4.78, 5) is 0.221. The van der Waals surface area contributed by atoms with Crippen LogP contribution in [0.15, 0.2) is 83.8 Å². The quantitative estimate of drug-likeness (QED) is 0.533. The van der Waals surface area contributed by atoms with Gasteiger partial charge in [0.1, 0.15) is 0 Å². The fourth-order valence-electron chi connectivity index (χ4n) is 3.57. The molecule has 0 bridgehead atoms. The number of aliphatic hydroxyl groups is 1. The van der Waals surface area contributed by atoms with Crippen molar-refractivity contribution in [2.24, 2.45) is 0 Å². The molecule has 0 fully saturated rings. The van der Waals surface area contributed by atoms with Gasteiger partial charge in [0.05, 0.1) is 11.0 Å². The molecule has 0 aliphatic carbocycles. The smallest absolute Gasteiger partial charge is 0.241 e. The lowest BCUT2D eigenvalue weighted by atomic mass is 10.0. The van der Waals surface area contributed by atoms with Crippen LogP contribution < -0.4 is 4.72 Å². The second-order valence-electron chi connectivity index (χ2n) is 6.86. The Hall–Kier alpha value is -2.73. The maximum absolute atomic E-state index is 12.9. The Kier molecular flexibility index (Phi) is 4.89. The van der Waals surface area contributed by atoms with Crippen molar-refractivity contribution in [1.29, 1.82) is 0 Å². The zero-order valence-electron chi connectivity index (χ0n) is 15.5. The molecule has 0 aliphatic heterocycles. The maximum atomic E-state index is 12.9. The Balaban J connectivity index is 1.63. The number of aliphatic hydroxyl groups excluding tert-OH is 1. The van der Waals surface area contributed by atoms with E-state index in [0.717, 1.165) is 21.7 Å². The Morgan fingerprint density at radius 3 is 2.25 bits per heavy atom. The zero-order chi connectivity index (χ0) is 19.7. The zero-order valence-corrected chi connectivity index (χ0v) is 16.3. The van der Waals surface area contributed by atoms with Crippen molar-refractivity contribution in [2.75, 3.05) is 6.54 Å². The highest BCUT2D eigenvalue weighted by atomic mass is 32.2. The highest BCUT2D eigenvalue weighted by Gasteiger charge is 2.20. The van der Waals surface area contributed by atoms with E-state index in [9.17, 15) is 13.5 Å². The summed E-state index contributed by atoms with van der Waals surface area (Å²) in [5.74, 6) is 0. The molecule has 0 radical (unpaired) electrons. The number of benzene rings is 4. The molecule has 28 heavy (non-hydrogen) atoms. The first kappa shape index (κ1) is 18.6. The van der Waals surface area contributed by atoms with E-state index in [1.54, 1.807) is 18.2 Å². The molecule has 2 N–H and O–H groups in total. The third-order valence-corrected chi connectivity index (χ3v) is 6.52. The summed E-state index contributed by atoms with van der Waals surface area (Å²) in [7, 11) is -3.77. The van der Waals surface area contributed by atoms with Gasteiger partial charge in [-0.2, -0.15) is 0 Å². The normalized spacial score (nSPS) is 13.1. The monoisotopic (exact) mass is 391 g/mol. The van der Waals surface area contributed by atoms with Gasteiger partial charge in [0.2, 0.25) is 10.0 Å². The average Bonchev–Trinajstić information content (AvgIpc) is 2.72. The Labute approximate surface area is 164 Å². The lowest BCUT2D eigenvalue weighted by Crippen LogP contribution is -2.28. The summed E-state index contributed by atoms with van der Waals surface area (Å²) in [5, 5.41) is 14.2. The molecule has 0 saturated heterocycles. The van der Waals surface area contributed by atoms with Crippen molar-refractivity contribution < 1.29 is 13.5 Å². The predicted octanol–water partition coefficient (Wildman–Crippen LogP) is 4.31. The van der Waals surface area contributed by atoms with Crippen molar-refractivity contribution in [3.05, 3.63) is 90.0 Å². The summed E-state index contributed by atoms with van der Waals surface area (Å²) in [5.41, 5.74) is 1.72. The van der Waals surface area contributed by atoms with Gasteiger partial charge in [0.15, 0.2) is 0 Å². The van der Waals surface area contributed by atoms with E-state index in [-0.39, 0.29) is 11.4 Å². The van der Waals surface area contributed by atoms with Crippen LogP contribution in [-0.4, -0.2) is 20.1 Å². The van der Waals surface area contributed by atoms with E-state index in [1.165, 1.54) is 0 Å². The van der Waals surface area contributed by atoms with Gasteiger partial charge in [-0.05, 0) is 40.3 Å². The van der Waals surface area contributed by atoms with Crippen LogP contribution in [0.2, 0.25) is 0 Å². The van der Waals surface area contributed by atoms with Crippen LogP contribution in [0.3, 0.4) is 0 Å². The first-order chi connectivity index (χ1) is 13.5. The Morgan fingerprint density at radius 2 is 1.46 bits per heavy atom. The molecule has 0 aliphatic rings. The molecule has 0 aromatic heterocycles. The van der Waals surface area contributed by atoms with Crippen LogP contribution in [0, 0.1) is 6.92 Å². The van der Waals surface area contributed by atoms with Crippen molar-refractivity contribution in [3.8, 4) is 0 Å². The average molecular weight is 391 g/mol. The van der Waals surface area contributed by atoms with Crippen molar-refractivity contribution in [3.63, 3.8) is 0 Å². The summed E-state index contributed by atoms with van der Waals surface area (Å²) in [6, 6.07) is 24.2. The Bertz CT molecular complexity index is 1260. The summed E-state index contributed by atoms with van der Waals surface area (Å²) in [6.07, 6.45) is -0.947. The molecule has 0 heterocycles. The van der Waals surface area contributed by atoms with E-state index in [0.29, 0.717) is 10.9 Å². The third kappa shape index (κ3) is 3.40. The minimum absolute atomic E-state index is 0.0987. The van der Waals surface area contributed by atoms with Crippen molar-refractivity contribution >= 4 is 31.6 Å². The van der Waals surface area contributed by atoms with Gasteiger partial charge < -0.3 is 5.11 Å². The van der Waals surface area contributed by atoms with Gasteiger partial charge in [-0.15, -0.1) is 0 Å². The maximum Gasteiger partial charge on any atom is 0.241 e. The number of hydrogen-bond donors (Lipinski definition) is 2. The van der Waals surface area contributed by atoms with E-state index in [4.69, 9.17) is 0 Å². The molecule has 4 aromatic carbocycles. The van der Waals surface area contributed by atoms with Gasteiger partial charge >= 0.3 is 0 Å². The van der Waals surface area contributed by atoms with E-state index in [1.807, 2.05) is 67.6 Å². The number of nitrogens with one attached hydrogen (secondary N) is 1. The van der Waals surface area contributed by atoms with Gasteiger partial charge in [0.25, 0.3) is 0 Å². The molecule has 5 heteroatoms. The van der Waals surface area contributed by atoms with Crippen LogP contribution in [0.4, 0.5) is 0 Å². The Morgan fingerprint density at radius 1 is 0.821 bits per heavy atom. The number of sulfonamides is 1. The highest BCUT2D eigenvalue weighted by Crippen LogP contribution is 2.27. The largest absolute Gasteiger partial charge is 0.387 e. The molecule has 4 nitrogen and oxygen atoms in total. The molecule has 4 rings (SSSR count). The fourth-order valence-corrected chi connectivity index (χ4v) is 4.82. The van der Waals surface area contributed by atoms with Gasteiger partial charge in [-0.3, -0.25) is 0 Å². The number of hydrogen-bond acceptors (Lipinski definition) is 3. The lowest BCUT2D eigenvalue weighted by Gasteiger charge is -2.16. The van der Waals surface area contributed by atoms with E-state index in [2.05, 4.69) is 4.72 Å². The molecule has 0 amide bonds. The topological polar surface area (TPSA) is 66.4 Å². The molecular weight excluding hydrogens is 370 g/mol. The van der Waals surface area contributed by atoms with Crippen LogP contribution >= 0.6 is 0 Å². The summed E-state index contributed by atoms with van der Waals surface area (Å²) >= 11 is 0. The molecule has 0 saturated carbocycles. The van der Waals surface area contributed by atoms with Crippen LogP contribution in [0.25, 0.3) is 21.5 Å². The second-order valence-corrected chi connectivity index (χ2v) is 8.60. The van der Waals surface area contributed by atoms with Gasteiger partial charge in [0, 0.05) is 11.9 Å². The van der Waals surface area contributed by atoms with E-state index >= 15 is 0 Å². The SMILES string of the molecule is Cc1ccc(S(=O)(=O)NCC(O)c2cccc3ccccc23)c2ccccc12. The molecular formula is C23H21NO3S. The number of aryl methyl sites for hydroxylation is 1. The second kappa shape index (κ2) is 7.36. The molecule has 4 aromatic rings. The van der Waals surface area contributed by atoms with Gasteiger partial charge in [-0.1, -0.05) is 72.8 Å². The summed E-state index contributed by atoms with van der Waals surface area (Å²) < 4.78 is 28.4. The number of fused-ring (bicyclic) bond motifs is 2. The molecule has 1 unspecified atom stereocenters. The van der Waals surface area contributed by atoms with Crippen molar-refractivity contribution in [1.82, 2.24) is 4.72 Å². The number of rotatable bonds is 5. The van der Waals surface area contributed by atoms with Gasteiger partial charge in [-0.25, -0.2) is 13.1 Å². The third-order valence-electron chi connectivity index (χ3n) is 5.04. The predicted molar refractivity (Wildman–Crippen MR) is 113 cm³/mol. The minimum Gasteiger partial charge on any atom is -0.387 e. The molecule has 142 valence electrons. The fraction of sp³-hybridized carbons (Fsp3) is 0.130. The van der Waals surface area contributed by atoms with Crippen LogP contribution in [0.5, 0.6) is 0 Å². The first-order valence-electron chi connectivity index (χ1n) is 9.11.